The van der Waals surface area contributed by atoms with Crippen LogP contribution in [0, 0.1) is 0 Å². The van der Waals surface area contributed by atoms with E-state index >= 15 is 0 Å². The van der Waals surface area contributed by atoms with Crippen molar-refractivity contribution in [1.29, 1.82) is 0 Å². The highest BCUT2D eigenvalue weighted by Crippen LogP contribution is 2.23. The van der Waals surface area contributed by atoms with E-state index in [1.165, 1.54) is 8.61 Å². The summed E-state index contributed by atoms with van der Waals surface area (Å²) < 4.78 is 34.1. The van der Waals surface area contributed by atoms with Gasteiger partial charge in [0, 0.05) is 45.0 Å². The monoisotopic (exact) mass is 460 g/mol. The Bertz CT molecular complexity index is 971. The lowest BCUT2D eigenvalue weighted by atomic mass is 10.2. The summed E-state index contributed by atoms with van der Waals surface area (Å²) in [5.41, 5.74) is 0.685. The molecule has 0 spiro atoms. The van der Waals surface area contributed by atoms with Gasteiger partial charge in [-0.2, -0.15) is 17.0 Å². The second-order valence-electron chi connectivity index (χ2n) is 7.63. The van der Waals surface area contributed by atoms with E-state index in [-0.39, 0.29) is 11.9 Å². The zero-order valence-corrected chi connectivity index (χ0v) is 19.7. The van der Waals surface area contributed by atoms with Crippen LogP contribution >= 0.6 is 0 Å². The number of hydrogen-bond acceptors (Lipinski definition) is 5. The fraction of sp³-hybridized carbons (Fsp3) is 0.435. The van der Waals surface area contributed by atoms with E-state index in [1.807, 2.05) is 68.1 Å². The number of piperazine rings is 1. The number of rotatable bonds is 9. The minimum absolute atomic E-state index is 0.123. The number of benzene rings is 2. The molecule has 32 heavy (non-hydrogen) atoms. The number of carbonyl (C=O) groups excluding carboxylic acids is 1. The molecule has 1 N–H and O–H groups in total. The summed E-state index contributed by atoms with van der Waals surface area (Å²) in [6.45, 7) is 8.20. The molecule has 1 aliphatic rings. The molecule has 1 heterocycles. The van der Waals surface area contributed by atoms with Gasteiger partial charge in [0.05, 0.1) is 6.04 Å². The van der Waals surface area contributed by atoms with Crippen molar-refractivity contribution < 1.29 is 17.9 Å². The molecule has 1 unspecified atom stereocenters. The molecule has 0 bridgehead atoms. The number of carbonyl (C=O) groups is 1. The van der Waals surface area contributed by atoms with Gasteiger partial charge in [-0.3, -0.25) is 9.69 Å². The molecule has 0 radical (unpaired) electrons. The Balaban J connectivity index is 1.52. The normalized spacial score (nSPS) is 16.6. The van der Waals surface area contributed by atoms with Gasteiger partial charge in [-0.1, -0.05) is 32.0 Å². The first kappa shape index (κ1) is 24.2. The Morgan fingerprint density at radius 1 is 0.969 bits per heavy atom. The molecule has 0 aliphatic carbocycles. The van der Waals surface area contributed by atoms with Gasteiger partial charge in [-0.05, 0) is 43.3 Å². The maximum Gasteiger partial charge on any atom is 0.282 e. The van der Waals surface area contributed by atoms with Crippen molar-refractivity contribution in [2.75, 3.05) is 44.6 Å². The molecule has 1 atom stereocenters. The van der Waals surface area contributed by atoms with Gasteiger partial charge in [-0.15, -0.1) is 0 Å². The van der Waals surface area contributed by atoms with Crippen LogP contribution in [0.4, 0.5) is 5.69 Å². The van der Waals surface area contributed by atoms with E-state index in [4.69, 9.17) is 4.74 Å². The Labute approximate surface area is 190 Å². The van der Waals surface area contributed by atoms with E-state index < -0.39 is 10.2 Å². The van der Waals surface area contributed by atoms with Crippen molar-refractivity contribution in [2.45, 2.75) is 26.8 Å². The number of para-hydroxylation sites is 1. The third-order valence-corrected chi connectivity index (χ3v) is 7.85. The average molecular weight is 461 g/mol. The summed E-state index contributed by atoms with van der Waals surface area (Å²) in [6.07, 6.45) is 0. The molecule has 8 nitrogen and oxygen atoms in total. The van der Waals surface area contributed by atoms with Crippen LogP contribution in [0.25, 0.3) is 0 Å². The number of hydrogen-bond donors (Lipinski definition) is 1. The van der Waals surface area contributed by atoms with Crippen LogP contribution in [-0.4, -0.2) is 73.1 Å². The molecule has 1 fully saturated rings. The van der Waals surface area contributed by atoms with Crippen molar-refractivity contribution >= 4 is 21.8 Å². The van der Waals surface area contributed by atoms with Gasteiger partial charge in [0.2, 0.25) is 5.91 Å². The predicted molar refractivity (Wildman–Crippen MR) is 126 cm³/mol. The van der Waals surface area contributed by atoms with Crippen molar-refractivity contribution in [3.8, 4) is 11.5 Å². The molecule has 1 aliphatic heterocycles. The quantitative estimate of drug-likeness (QED) is 0.622. The van der Waals surface area contributed by atoms with E-state index in [0.717, 1.165) is 5.75 Å². The largest absolute Gasteiger partial charge is 0.457 e. The topological polar surface area (TPSA) is 82.2 Å². The Hall–Kier alpha value is -2.46. The molecule has 9 heteroatoms. The van der Waals surface area contributed by atoms with Crippen molar-refractivity contribution in [3.05, 3.63) is 54.6 Å². The van der Waals surface area contributed by atoms with Crippen molar-refractivity contribution in [3.63, 3.8) is 0 Å². The first-order valence-electron chi connectivity index (χ1n) is 11.0. The van der Waals surface area contributed by atoms with Gasteiger partial charge in [0.25, 0.3) is 10.2 Å². The smallest absolute Gasteiger partial charge is 0.282 e. The lowest BCUT2D eigenvalue weighted by Crippen LogP contribution is -2.56. The fourth-order valence-corrected chi connectivity index (χ4v) is 5.28. The Morgan fingerprint density at radius 2 is 1.53 bits per heavy atom. The minimum atomic E-state index is -3.44. The highest BCUT2D eigenvalue weighted by molar-refractivity contribution is 7.86. The zero-order valence-electron chi connectivity index (χ0n) is 18.9. The molecule has 1 amide bonds. The number of nitrogens with one attached hydrogen (secondary N) is 1. The van der Waals surface area contributed by atoms with Crippen LogP contribution < -0.4 is 10.1 Å². The molecule has 2 aromatic rings. The van der Waals surface area contributed by atoms with Crippen LogP contribution in [0.15, 0.2) is 54.6 Å². The summed E-state index contributed by atoms with van der Waals surface area (Å²) in [5.74, 6) is 1.31. The van der Waals surface area contributed by atoms with Crippen molar-refractivity contribution in [2.24, 2.45) is 0 Å². The Morgan fingerprint density at radius 3 is 2.09 bits per heavy atom. The lowest BCUT2D eigenvalue weighted by molar-refractivity contribution is -0.121. The van der Waals surface area contributed by atoms with E-state index in [0.29, 0.717) is 50.7 Å². The second-order valence-corrected chi connectivity index (χ2v) is 9.56. The zero-order chi connectivity index (χ0) is 23.1. The summed E-state index contributed by atoms with van der Waals surface area (Å²) in [5, 5.41) is 2.93. The fourth-order valence-electron chi connectivity index (χ4n) is 3.68. The van der Waals surface area contributed by atoms with Gasteiger partial charge in [0.1, 0.15) is 11.5 Å². The molecule has 174 valence electrons. The van der Waals surface area contributed by atoms with Crippen LogP contribution in [0.2, 0.25) is 0 Å². The van der Waals surface area contributed by atoms with Crippen LogP contribution in [0.3, 0.4) is 0 Å². The van der Waals surface area contributed by atoms with Gasteiger partial charge in [0.15, 0.2) is 0 Å². The summed E-state index contributed by atoms with van der Waals surface area (Å²) in [6, 6.07) is 16.4. The number of anilines is 1. The SMILES string of the molecule is CCN(CC)S(=O)(=O)N1CCN(C(C)C(=O)Nc2ccc(Oc3ccccc3)cc2)CC1. The van der Waals surface area contributed by atoms with Crippen LogP contribution in [-0.2, 0) is 15.0 Å². The number of amides is 1. The number of ether oxygens (including phenoxy) is 1. The Kier molecular flexibility index (Phi) is 8.25. The van der Waals surface area contributed by atoms with E-state index in [9.17, 15) is 13.2 Å². The van der Waals surface area contributed by atoms with Crippen molar-refractivity contribution in [1.82, 2.24) is 13.5 Å². The summed E-state index contributed by atoms with van der Waals surface area (Å²) >= 11 is 0. The first-order valence-corrected chi connectivity index (χ1v) is 12.4. The second kappa shape index (κ2) is 10.9. The lowest BCUT2D eigenvalue weighted by Gasteiger charge is -2.38. The maximum absolute atomic E-state index is 12.7. The molecule has 2 aromatic carbocycles. The molecule has 0 aromatic heterocycles. The molecule has 3 rings (SSSR count). The summed E-state index contributed by atoms with van der Waals surface area (Å²) in [7, 11) is -3.44. The molecule has 0 saturated carbocycles. The van der Waals surface area contributed by atoms with Gasteiger partial charge >= 0.3 is 0 Å². The summed E-state index contributed by atoms with van der Waals surface area (Å²) in [4.78, 5) is 14.8. The van der Waals surface area contributed by atoms with Crippen LogP contribution in [0.1, 0.15) is 20.8 Å². The first-order chi connectivity index (χ1) is 15.3. The van der Waals surface area contributed by atoms with E-state index in [1.54, 1.807) is 12.1 Å². The third kappa shape index (κ3) is 5.86. The molecular formula is C23H32N4O4S. The molecule has 1 saturated heterocycles. The van der Waals surface area contributed by atoms with Gasteiger partial charge in [-0.25, -0.2) is 0 Å². The van der Waals surface area contributed by atoms with Crippen LogP contribution in [0.5, 0.6) is 11.5 Å². The average Bonchev–Trinajstić information content (AvgIpc) is 2.81. The highest BCUT2D eigenvalue weighted by Gasteiger charge is 2.33. The predicted octanol–water partition coefficient (Wildman–Crippen LogP) is 3.01. The maximum atomic E-state index is 12.7. The third-order valence-electron chi connectivity index (χ3n) is 5.66. The molecular weight excluding hydrogens is 428 g/mol. The van der Waals surface area contributed by atoms with Gasteiger partial charge < -0.3 is 10.1 Å². The number of nitrogens with zero attached hydrogens (tertiary/aromatic N) is 3. The highest BCUT2D eigenvalue weighted by atomic mass is 32.2. The van der Waals surface area contributed by atoms with E-state index in [2.05, 4.69) is 5.32 Å². The minimum Gasteiger partial charge on any atom is -0.457 e. The standard InChI is InChI=1S/C23H32N4O4S/c1-4-26(5-2)32(29,30)27-17-15-25(16-18-27)19(3)23(28)24-20-11-13-22(14-12-20)31-21-9-7-6-8-10-21/h6-14,19H,4-5,15-18H2,1-3H3,(H,24,28).